The lowest BCUT2D eigenvalue weighted by atomic mass is 9.92. The number of carbonyl (C=O) groups is 5. The molecule has 4 amide bonds. The predicted octanol–water partition coefficient (Wildman–Crippen LogP) is 4.55. The number of carboxylic acids is 1. The van der Waals surface area contributed by atoms with Crippen molar-refractivity contribution in [1.29, 1.82) is 0 Å². The molecule has 1 aromatic carbocycles. The van der Waals surface area contributed by atoms with Crippen LogP contribution in [0.5, 0.6) is 0 Å². The van der Waals surface area contributed by atoms with E-state index in [9.17, 15) is 29.1 Å². The lowest BCUT2D eigenvalue weighted by Gasteiger charge is -2.40. The Morgan fingerprint density at radius 3 is 2.52 bits per heavy atom. The van der Waals surface area contributed by atoms with Gasteiger partial charge in [0, 0.05) is 25.4 Å². The van der Waals surface area contributed by atoms with Crippen molar-refractivity contribution in [3.63, 3.8) is 0 Å². The van der Waals surface area contributed by atoms with Crippen LogP contribution < -0.4 is 10.6 Å². The van der Waals surface area contributed by atoms with Crippen molar-refractivity contribution in [3.8, 4) is 0 Å². The highest BCUT2D eigenvalue weighted by Crippen LogP contribution is 2.45. The first-order chi connectivity index (χ1) is 24.8. The molecule has 1 aromatic rings. The Morgan fingerprint density at radius 1 is 1.02 bits per heavy atom. The molecule has 6 atom stereocenters. The third-order valence-electron chi connectivity index (χ3n) is 11.1. The number of allylic oxidation sites excluding steroid dienone is 1. The SMILES string of the molecule is CC(C)(C)OC(=O)N[C@H]1CCCCC/C=C\[C@@H]2C[C@@]2(C(=O)O)NC(=O)[C@@H]2C[C@@H](OC(=O)N3CCc4ccccc4C3CN3CCCCC3)CN2C1=O. The number of benzene rings is 1. The van der Waals surface area contributed by atoms with Crippen LogP contribution in [0.4, 0.5) is 9.59 Å². The standard InChI is InChI=1S/C39H55N5O8/c1-38(2,3)52-36(49)40-30-17-9-6-4-5-8-15-27-23-39(27,35(47)48)41-33(45)31-22-28(24-44(31)34(30)46)51-37(50)43-21-18-26-14-10-11-16-29(26)32(43)25-42-19-12-7-13-20-42/h8,10-11,14-16,27-28,30-32H,4-7,9,12-13,17-25H2,1-3H3,(H,40,49)(H,41,45)(H,47,48)/b15-8-/t27-,28-,30+,31+,32?,39-/m1/s1. The topological polar surface area (TPSA) is 158 Å². The summed E-state index contributed by atoms with van der Waals surface area (Å²) in [7, 11) is 0. The quantitative estimate of drug-likeness (QED) is 0.371. The summed E-state index contributed by atoms with van der Waals surface area (Å²) in [6.07, 6.45) is 9.45. The van der Waals surface area contributed by atoms with Crippen LogP contribution >= 0.6 is 0 Å². The first kappa shape index (κ1) is 37.6. The smallest absolute Gasteiger partial charge is 0.410 e. The Hall–Kier alpha value is -4.13. The fourth-order valence-corrected chi connectivity index (χ4v) is 8.26. The van der Waals surface area contributed by atoms with Crippen molar-refractivity contribution in [1.82, 2.24) is 25.3 Å². The van der Waals surface area contributed by atoms with E-state index in [-0.39, 0.29) is 31.3 Å². The van der Waals surface area contributed by atoms with Gasteiger partial charge in [0.2, 0.25) is 11.8 Å². The van der Waals surface area contributed by atoms with E-state index in [1.165, 1.54) is 16.9 Å². The summed E-state index contributed by atoms with van der Waals surface area (Å²) in [4.78, 5) is 73.4. The number of carbonyl (C=O) groups excluding carboxylic acids is 4. The summed E-state index contributed by atoms with van der Waals surface area (Å²) in [5.74, 6) is -2.61. The summed E-state index contributed by atoms with van der Waals surface area (Å²) in [6.45, 7) is 8.26. The fraction of sp³-hybridized carbons (Fsp3) is 0.667. The number of alkyl carbamates (subject to hydrolysis) is 1. The second kappa shape index (κ2) is 15.9. The highest BCUT2D eigenvalue weighted by Gasteiger charge is 2.61. The second-order valence-corrected chi connectivity index (χ2v) is 16.1. The zero-order valence-corrected chi connectivity index (χ0v) is 30.8. The molecule has 0 radical (unpaired) electrons. The van der Waals surface area contributed by atoms with Gasteiger partial charge in [0.05, 0.1) is 12.6 Å². The zero-order valence-electron chi connectivity index (χ0n) is 30.8. The maximum atomic E-state index is 14.4. The Morgan fingerprint density at radius 2 is 1.77 bits per heavy atom. The van der Waals surface area contributed by atoms with Gasteiger partial charge in [0.25, 0.3) is 0 Å². The second-order valence-electron chi connectivity index (χ2n) is 16.1. The summed E-state index contributed by atoms with van der Waals surface area (Å²) < 4.78 is 11.7. The third-order valence-corrected chi connectivity index (χ3v) is 11.1. The highest BCUT2D eigenvalue weighted by atomic mass is 16.6. The van der Waals surface area contributed by atoms with Crippen molar-refractivity contribution < 1.29 is 38.6 Å². The minimum atomic E-state index is -1.46. The number of rotatable bonds is 5. The van der Waals surface area contributed by atoms with E-state index >= 15 is 0 Å². The van der Waals surface area contributed by atoms with Crippen LogP contribution in [0.15, 0.2) is 36.4 Å². The molecule has 6 rings (SSSR count). The van der Waals surface area contributed by atoms with Gasteiger partial charge in [-0.2, -0.15) is 0 Å². The summed E-state index contributed by atoms with van der Waals surface area (Å²) >= 11 is 0. The molecule has 0 aromatic heterocycles. The molecule has 1 aliphatic carbocycles. The Balaban J connectivity index is 1.24. The average Bonchev–Trinajstić information content (AvgIpc) is 3.64. The van der Waals surface area contributed by atoms with Gasteiger partial charge < -0.3 is 35.0 Å². The van der Waals surface area contributed by atoms with E-state index in [1.54, 1.807) is 25.7 Å². The number of amides is 4. The minimum Gasteiger partial charge on any atom is -0.479 e. The van der Waals surface area contributed by atoms with Crippen LogP contribution in [0.25, 0.3) is 0 Å². The molecule has 13 nitrogen and oxygen atoms in total. The summed E-state index contributed by atoms with van der Waals surface area (Å²) in [5.41, 5.74) is 0.0649. The van der Waals surface area contributed by atoms with Crippen LogP contribution in [-0.4, -0.2) is 112 Å². The van der Waals surface area contributed by atoms with Gasteiger partial charge in [-0.3, -0.25) is 14.5 Å². The molecule has 3 fully saturated rings. The number of nitrogens with zero attached hydrogens (tertiary/aromatic N) is 3. The van der Waals surface area contributed by atoms with Crippen LogP contribution in [0, 0.1) is 5.92 Å². The Labute approximate surface area is 306 Å². The summed E-state index contributed by atoms with van der Waals surface area (Å²) in [5, 5.41) is 15.7. The van der Waals surface area contributed by atoms with Gasteiger partial charge in [0.15, 0.2) is 0 Å². The largest absolute Gasteiger partial charge is 0.479 e. The number of aliphatic carboxylic acids is 1. The third kappa shape index (κ3) is 8.73. The van der Waals surface area contributed by atoms with Crippen LogP contribution in [0.3, 0.4) is 0 Å². The van der Waals surface area contributed by atoms with Gasteiger partial charge in [0.1, 0.15) is 29.3 Å². The van der Waals surface area contributed by atoms with Crippen molar-refractivity contribution in [2.45, 2.75) is 127 Å². The molecule has 1 saturated carbocycles. The van der Waals surface area contributed by atoms with E-state index in [0.717, 1.165) is 50.8 Å². The van der Waals surface area contributed by atoms with Crippen LogP contribution in [0.2, 0.25) is 0 Å². The van der Waals surface area contributed by atoms with E-state index in [4.69, 9.17) is 9.47 Å². The van der Waals surface area contributed by atoms with E-state index in [2.05, 4.69) is 27.7 Å². The average molecular weight is 722 g/mol. The van der Waals surface area contributed by atoms with Gasteiger partial charge >= 0.3 is 18.2 Å². The summed E-state index contributed by atoms with van der Waals surface area (Å²) in [6, 6.07) is 5.90. The number of hydrogen-bond acceptors (Lipinski definition) is 8. The number of fused-ring (bicyclic) bond motifs is 3. The number of ether oxygens (including phenoxy) is 2. The Kier molecular flexibility index (Phi) is 11.5. The normalized spacial score (nSPS) is 30.7. The molecular weight excluding hydrogens is 666 g/mol. The van der Waals surface area contributed by atoms with Crippen molar-refractivity contribution in [2.75, 3.05) is 32.7 Å². The number of piperidine rings is 1. The Bertz CT molecular complexity index is 1540. The monoisotopic (exact) mass is 721 g/mol. The molecule has 4 heterocycles. The molecule has 284 valence electrons. The fourth-order valence-electron chi connectivity index (χ4n) is 8.26. The van der Waals surface area contributed by atoms with Crippen molar-refractivity contribution in [2.24, 2.45) is 5.92 Å². The van der Waals surface area contributed by atoms with Gasteiger partial charge in [-0.1, -0.05) is 55.7 Å². The van der Waals surface area contributed by atoms with Gasteiger partial charge in [-0.05, 0) is 89.9 Å². The highest BCUT2D eigenvalue weighted by molar-refractivity contribution is 5.96. The van der Waals surface area contributed by atoms with Crippen molar-refractivity contribution >= 4 is 30.0 Å². The molecule has 0 spiro atoms. The number of likely N-dealkylation sites (tertiary alicyclic amines) is 1. The number of nitrogens with one attached hydrogen (secondary N) is 2. The molecule has 13 heteroatoms. The first-order valence-corrected chi connectivity index (χ1v) is 19.1. The molecule has 2 saturated heterocycles. The lowest BCUT2D eigenvalue weighted by molar-refractivity contribution is -0.145. The molecule has 0 bridgehead atoms. The molecular formula is C39H55N5O8. The molecule has 52 heavy (non-hydrogen) atoms. The maximum Gasteiger partial charge on any atom is 0.410 e. The predicted molar refractivity (Wildman–Crippen MR) is 192 cm³/mol. The molecule has 4 aliphatic heterocycles. The van der Waals surface area contributed by atoms with E-state index in [0.29, 0.717) is 32.4 Å². The first-order valence-electron chi connectivity index (χ1n) is 19.1. The van der Waals surface area contributed by atoms with Crippen LogP contribution in [0.1, 0.15) is 102 Å². The number of hydrogen-bond donors (Lipinski definition) is 3. The maximum absolute atomic E-state index is 14.4. The van der Waals surface area contributed by atoms with Crippen molar-refractivity contribution in [3.05, 3.63) is 47.5 Å². The zero-order chi connectivity index (χ0) is 37.0. The lowest BCUT2D eigenvalue weighted by Crippen LogP contribution is -2.56. The van der Waals surface area contributed by atoms with Crippen LogP contribution in [-0.2, 0) is 30.3 Å². The van der Waals surface area contributed by atoms with Gasteiger partial charge in [-0.15, -0.1) is 0 Å². The van der Waals surface area contributed by atoms with E-state index in [1.807, 2.05) is 24.3 Å². The van der Waals surface area contributed by atoms with E-state index < -0.39 is 59.3 Å². The van der Waals surface area contributed by atoms with Gasteiger partial charge in [-0.25, -0.2) is 14.4 Å². The minimum absolute atomic E-state index is 0.000105. The molecule has 1 unspecified atom stereocenters. The number of carboxylic acid groups (broad SMARTS) is 1. The molecule has 5 aliphatic rings. The molecule has 3 N–H and O–H groups in total.